The molecule has 2 rings (SSSR count). The maximum atomic E-state index is 12.5. The van der Waals surface area contributed by atoms with Crippen LogP contribution in [0.25, 0.3) is 0 Å². The van der Waals surface area contributed by atoms with E-state index >= 15 is 0 Å². The predicted molar refractivity (Wildman–Crippen MR) is 76.8 cm³/mol. The topological polar surface area (TPSA) is 77.5 Å². The lowest BCUT2D eigenvalue weighted by Crippen LogP contribution is -2.06. The van der Waals surface area contributed by atoms with Crippen molar-refractivity contribution in [3.8, 4) is 5.75 Å². The summed E-state index contributed by atoms with van der Waals surface area (Å²) in [5, 5.41) is 0. The van der Waals surface area contributed by atoms with Crippen LogP contribution >= 0.6 is 0 Å². The molecule has 0 aromatic heterocycles. The quantitative estimate of drug-likeness (QED) is 0.855. The number of rotatable bonds is 4. The van der Waals surface area contributed by atoms with Gasteiger partial charge < -0.3 is 4.74 Å². The summed E-state index contributed by atoms with van der Waals surface area (Å²) >= 11 is 0. The third-order valence-corrected chi connectivity index (χ3v) is 5.68. The van der Waals surface area contributed by atoms with Gasteiger partial charge in [0.15, 0.2) is 9.84 Å². The average Bonchev–Trinajstić information content (AvgIpc) is 2.46. The molecule has 0 aliphatic carbocycles. The third kappa shape index (κ3) is 3.08. The lowest BCUT2D eigenvalue weighted by atomic mass is 10.3. The number of sulfone groups is 2. The molecule has 0 heterocycles. The lowest BCUT2D eigenvalue weighted by Gasteiger charge is -2.10. The molecule has 2 aromatic rings. The molecule has 0 unspecified atom stereocenters. The van der Waals surface area contributed by atoms with Gasteiger partial charge in [-0.3, -0.25) is 0 Å². The molecule has 0 bridgehead atoms. The molecular formula is C14H13O5S2. The highest BCUT2D eigenvalue weighted by Crippen LogP contribution is 2.31. The molecule has 0 amide bonds. The Labute approximate surface area is 124 Å². The molecule has 0 spiro atoms. The maximum Gasteiger partial charge on any atom is 0.210 e. The highest BCUT2D eigenvalue weighted by molar-refractivity contribution is 7.91. The number of hydrogen-bond donors (Lipinski definition) is 0. The summed E-state index contributed by atoms with van der Waals surface area (Å²) in [7, 11) is -5.98. The number of methoxy groups -OCH3 is 1. The summed E-state index contributed by atoms with van der Waals surface area (Å²) in [6.07, 6.45) is 1.04. The van der Waals surface area contributed by atoms with Crippen LogP contribution in [0.4, 0.5) is 0 Å². The van der Waals surface area contributed by atoms with E-state index in [0.29, 0.717) is 0 Å². The monoisotopic (exact) mass is 325 g/mol. The predicted octanol–water partition coefficient (Wildman–Crippen LogP) is 1.73. The summed E-state index contributed by atoms with van der Waals surface area (Å²) in [5.74, 6) is -0.0184. The van der Waals surface area contributed by atoms with Crippen LogP contribution in [0.3, 0.4) is 0 Å². The fraction of sp³-hybridized carbons (Fsp3) is 0.143. The first kappa shape index (κ1) is 15.5. The Morgan fingerprint density at radius 1 is 1.05 bits per heavy atom. The van der Waals surface area contributed by atoms with E-state index in [9.17, 15) is 16.8 Å². The fourth-order valence-corrected chi connectivity index (χ4v) is 3.77. The molecule has 5 nitrogen and oxygen atoms in total. The van der Waals surface area contributed by atoms with Crippen LogP contribution < -0.4 is 4.74 Å². The Balaban J connectivity index is 2.65. The Morgan fingerprint density at radius 3 is 2.29 bits per heavy atom. The van der Waals surface area contributed by atoms with Crippen molar-refractivity contribution < 1.29 is 21.6 Å². The maximum absolute atomic E-state index is 12.5. The molecule has 0 aliphatic heterocycles. The zero-order chi connectivity index (χ0) is 15.7. The van der Waals surface area contributed by atoms with Gasteiger partial charge >= 0.3 is 0 Å². The van der Waals surface area contributed by atoms with Crippen LogP contribution in [0, 0.1) is 6.07 Å². The number of ether oxygens (including phenoxy) is 1. The van der Waals surface area contributed by atoms with Crippen molar-refractivity contribution in [3.63, 3.8) is 0 Å². The second-order valence-corrected chi connectivity index (χ2v) is 8.22. The first-order chi connectivity index (χ1) is 9.76. The van der Waals surface area contributed by atoms with E-state index in [1.165, 1.54) is 37.4 Å². The third-order valence-electron chi connectivity index (χ3n) is 2.82. The van der Waals surface area contributed by atoms with Gasteiger partial charge in [-0.15, -0.1) is 0 Å². The van der Waals surface area contributed by atoms with Crippen molar-refractivity contribution in [2.75, 3.05) is 13.4 Å². The van der Waals surface area contributed by atoms with Gasteiger partial charge in [0.05, 0.1) is 16.9 Å². The van der Waals surface area contributed by atoms with Crippen molar-refractivity contribution in [3.05, 3.63) is 48.5 Å². The van der Waals surface area contributed by atoms with Gasteiger partial charge in [0, 0.05) is 18.4 Å². The Bertz CT molecular complexity index is 853. The molecular weight excluding hydrogens is 312 g/mol. The summed E-state index contributed by atoms with van der Waals surface area (Å²) < 4.78 is 53.1. The summed E-state index contributed by atoms with van der Waals surface area (Å²) in [6, 6.07) is 12.5. The van der Waals surface area contributed by atoms with Crippen molar-refractivity contribution in [2.24, 2.45) is 0 Å². The molecule has 0 aliphatic rings. The van der Waals surface area contributed by atoms with Crippen LogP contribution in [0.15, 0.2) is 57.2 Å². The van der Waals surface area contributed by atoms with E-state index < -0.39 is 19.7 Å². The smallest absolute Gasteiger partial charge is 0.210 e. The van der Waals surface area contributed by atoms with E-state index in [1.807, 2.05) is 0 Å². The molecule has 111 valence electrons. The summed E-state index contributed by atoms with van der Waals surface area (Å²) in [6.45, 7) is 0. The zero-order valence-corrected chi connectivity index (χ0v) is 13.0. The first-order valence-corrected chi connectivity index (χ1v) is 9.24. The Kier molecular flexibility index (Phi) is 4.06. The van der Waals surface area contributed by atoms with Crippen LogP contribution in [-0.2, 0) is 19.7 Å². The SMILES string of the molecule is COc1cc(S(C)(=O)=O)ccc1S(=O)(=O)c1[c]cccc1. The van der Waals surface area contributed by atoms with Gasteiger partial charge in [0.2, 0.25) is 9.84 Å². The summed E-state index contributed by atoms with van der Waals surface area (Å²) in [4.78, 5) is -0.106. The molecule has 21 heavy (non-hydrogen) atoms. The van der Waals surface area contributed by atoms with Crippen molar-refractivity contribution in [1.29, 1.82) is 0 Å². The minimum Gasteiger partial charge on any atom is -0.495 e. The van der Waals surface area contributed by atoms with E-state index in [1.54, 1.807) is 12.1 Å². The molecule has 7 heteroatoms. The van der Waals surface area contributed by atoms with Crippen LogP contribution in [0.2, 0.25) is 0 Å². The average molecular weight is 325 g/mol. The molecule has 0 saturated carbocycles. The number of benzene rings is 2. The minimum absolute atomic E-state index is 0.00425. The van der Waals surface area contributed by atoms with E-state index in [0.717, 1.165) is 6.26 Å². The molecule has 0 saturated heterocycles. The summed E-state index contributed by atoms with van der Waals surface area (Å²) in [5.41, 5.74) is 0. The molecule has 1 radical (unpaired) electrons. The highest BCUT2D eigenvalue weighted by atomic mass is 32.2. The largest absolute Gasteiger partial charge is 0.495 e. The minimum atomic E-state index is -3.82. The lowest BCUT2D eigenvalue weighted by molar-refractivity contribution is 0.401. The van der Waals surface area contributed by atoms with E-state index in [4.69, 9.17) is 4.74 Å². The zero-order valence-electron chi connectivity index (χ0n) is 11.4. The number of hydrogen-bond acceptors (Lipinski definition) is 5. The van der Waals surface area contributed by atoms with Crippen LogP contribution in [0.5, 0.6) is 5.75 Å². The van der Waals surface area contributed by atoms with Crippen LogP contribution in [0.1, 0.15) is 0 Å². The van der Waals surface area contributed by atoms with Gasteiger partial charge in [-0.25, -0.2) is 16.8 Å². The van der Waals surface area contributed by atoms with Gasteiger partial charge in [-0.2, -0.15) is 0 Å². The van der Waals surface area contributed by atoms with Gasteiger partial charge in [-0.05, 0) is 18.2 Å². The van der Waals surface area contributed by atoms with Gasteiger partial charge in [-0.1, -0.05) is 18.2 Å². The van der Waals surface area contributed by atoms with Gasteiger partial charge in [0.1, 0.15) is 10.6 Å². The molecule has 0 N–H and O–H groups in total. The van der Waals surface area contributed by atoms with Gasteiger partial charge in [0.25, 0.3) is 0 Å². The first-order valence-electron chi connectivity index (χ1n) is 5.87. The van der Waals surface area contributed by atoms with Crippen molar-refractivity contribution >= 4 is 19.7 Å². The molecule has 2 aromatic carbocycles. The van der Waals surface area contributed by atoms with Crippen molar-refractivity contribution in [2.45, 2.75) is 14.7 Å². The normalized spacial score (nSPS) is 12.1. The molecule has 0 fully saturated rings. The van der Waals surface area contributed by atoms with E-state index in [2.05, 4.69) is 6.07 Å². The van der Waals surface area contributed by atoms with E-state index in [-0.39, 0.29) is 20.4 Å². The van der Waals surface area contributed by atoms with Crippen molar-refractivity contribution in [1.82, 2.24) is 0 Å². The fourth-order valence-electron chi connectivity index (χ4n) is 1.76. The highest BCUT2D eigenvalue weighted by Gasteiger charge is 2.23. The standard InChI is InChI=1S/C14H13O5S2/c1-19-13-10-12(20(2,15)16)8-9-14(13)21(17,18)11-6-4-3-5-7-11/h3-6,8-10H,1-2H3. The Hall–Kier alpha value is -1.86. The molecule has 0 atom stereocenters. The van der Waals surface area contributed by atoms with Crippen LogP contribution in [-0.4, -0.2) is 30.2 Å². The second-order valence-electron chi connectivity index (χ2n) is 4.32. The second kappa shape index (κ2) is 5.50. The Morgan fingerprint density at radius 2 is 1.76 bits per heavy atom.